The second-order valence-corrected chi connectivity index (χ2v) is 4.73. The lowest BCUT2D eigenvalue weighted by atomic mass is 10.0. The molecule has 2 aliphatic rings. The van der Waals surface area contributed by atoms with Gasteiger partial charge in [-0.1, -0.05) is 0 Å². The molecule has 2 rings (SSSR count). The monoisotopic (exact) mass is 226 g/mol. The fourth-order valence-corrected chi connectivity index (χ4v) is 2.40. The Morgan fingerprint density at radius 1 is 1.56 bits per heavy atom. The van der Waals surface area contributed by atoms with Crippen molar-refractivity contribution in [2.24, 2.45) is 5.92 Å². The van der Waals surface area contributed by atoms with Gasteiger partial charge in [0.05, 0.1) is 6.10 Å². The molecule has 2 N–H and O–H groups in total. The number of hydrogen-bond acceptors (Lipinski definition) is 3. The summed E-state index contributed by atoms with van der Waals surface area (Å²) in [6, 6.07) is -0.333. The quantitative estimate of drug-likeness (QED) is 0.666. The molecule has 2 fully saturated rings. The highest BCUT2D eigenvalue weighted by molar-refractivity contribution is 5.90. The molecule has 5 heteroatoms. The van der Waals surface area contributed by atoms with Gasteiger partial charge >= 0.3 is 0 Å². The predicted molar refractivity (Wildman–Crippen MR) is 57.5 cm³/mol. The number of nitrogens with one attached hydrogen (secondary N) is 1. The number of hydrogen-bond donors (Lipinski definition) is 2. The minimum atomic E-state index is -0.365. The average molecular weight is 226 g/mol. The van der Waals surface area contributed by atoms with Crippen molar-refractivity contribution in [1.82, 2.24) is 10.2 Å². The summed E-state index contributed by atoms with van der Waals surface area (Å²) in [5.74, 6) is 0.152. The van der Waals surface area contributed by atoms with E-state index < -0.39 is 0 Å². The van der Waals surface area contributed by atoms with Crippen LogP contribution in [-0.4, -0.2) is 47.1 Å². The maximum Gasteiger partial charge on any atom is 0.245 e. The van der Waals surface area contributed by atoms with Crippen LogP contribution in [0.15, 0.2) is 0 Å². The number of nitrogens with zero attached hydrogens (tertiary/aromatic N) is 1. The van der Waals surface area contributed by atoms with Crippen LogP contribution < -0.4 is 5.32 Å². The van der Waals surface area contributed by atoms with Gasteiger partial charge in [0, 0.05) is 25.4 Å². The molecule has 0 bridgehead atoms. The molecule has 2 saturated heterocycles. The molecule has 0 spiro atoms. The van der Waals surface area contributed by atoms with Crippen molar-refractivity contribution in [3.8, 4) is 0 Å². The van der Waals surface area contributed by atoms with Crippen LogP contribution in [0, 0.1) is 5.92 Å². The van der Waals surface area contributed by atoms with E-state index in [0.717, 1.165) is 6.42 Å². The summed E-state index contributed by atoms with van der Waals surface area (Å²) in [6.45, 7) is 3.07. The van der Waals surface area contributed by atoms with Crippen LogP contribution in [0.2, 0.25) is 0 Å². The molecule has 3 unspecified atom stereocenters. The van der Waals surface area contributed by atoms with Gasteiger partial charge < -0.3 is 15.3 Å². The van der Waals surface area contributed by atoms with Crippen molar-refractivity contribution in [2.45, 2.75) is 38.3 Å². The molecule has 16 heavy (non-hydrogen) atoms. The lowest BCUT2D eigenvalue weighted by Crippen LogP contribution is -2.43. The Morgan fingerprint density at radius 3 is 2.81 bits per heavy atom. The highest BCUT2D eigenvalue weighted by Gasteiger charge is 2.35. The normalized spacial score (nSPS) is 31.6. The molecule has 0 saturated carbocycles. The van der Waals surface area contributed by atoms with E-state index in [2.05, 4.69) is 5.32 Å². The van der Waals surface area contributed by atoms with Crippen molar-refractivity contribution in [2.75, 3.05) is 13.1 Å². The Kier molecular flexibility index (Phi) is 3.14. The molecule has 0 aliphatic carbocycles. The summed E-state index contributed by atoms with van der Waals surface area (Å²) in [4.78, 5) is 24.8. The summed E-state index contributed by atoms with van der Waals surface area (Å²) in [7, 11) is 0. The molecule has 2 amide bonds. The molecular formula is C11H18N2O3. The lowest BCUT2D eigenvalue weighted by molar-refractivity contribution is -0.133. The van der Waals surface area contributed by atoms with Crippen molar-refractivity contribution in [1.29, 1.82) is 0 Å². The Labute approximate surface area is 94.8 Å². The predicted octanol–water partition coefficient (Wildman–Crippen LogP) is -0.506. The molecule has 0 aromatic carbocycles. The van der Waals surface area contributed by atoms with E-state index in [-0.39, 0.29) is 29.9 Å². The van der Waals surface area contributed by atoms with Crippen LogP contribution in [0.1, 0.15) is 26.2 Å². The lowest BCUT2D eigenvalue weighted by Gasteiger charge is -2.21. The maximum absolute atomic E-state index is 12.0. The molecule has 0 radical (unpaired) electrons. The number of likely N-dealkylation sites (tertiary alicyclic amines) is 1. The van der Waals surface area contributed by atoms with Gasteiger partial charge in [0.1, 0.15) is 6.04 Å². The zero-order valence-electron chi connectivity index (χ0n) is 9.48. The first-order chi connectivity index (χ1) is 7.58. The van der Waals surface area contributed by atoms with Crippen LogP contribution in [0.3, 0.4) is 0 Å². The Bertz CT molecular complexity index is 304. The van der Waals surface area contributed by atoms with Gasteiger partial charge in [0.25, 0.3) is 0 Å². The summed E-state index contributed by atoms with van der Waals surface area (Å²) in [5.41, 5.74) is 0. The molecular weight excluding hydrogens is 208 g/mol. The number of carbonyl (C=O) groups is 2. The fourth-order valence-electron chi connectivity index (χ4n) is 2.40. The molecule has 2 aliphatic heterocycles. The number of amides is 2. The second-order valence-electron chi connectivity index (χ2n) is 4.73. The molecule has 3 atom stereocenters. The first kappa shape index (κ1) is 11.4. The molecule has 2 heterocycles. The van der Waals surface area contributed by atoms with Crippen molar-refractivity contribution < 1.29 is 14.7 Å². The van der Waals surface area contributed by atoms with Gasteiger partial charge in [-0.2, -0.15) is 0 Å². The summed E-state index contributed by atoms with van der Waals surface area (Å²) in [6.07, 6.45) is 1.54. The van der Waals surface area contributed by atoms with Crippen LogP contribution in [0.25, 0.3) is 0 Å². The SMILES string of the molecule is CC(O)C1CCN(C(=O)C2CCC(=O)N2)C1. The van der Waals surface area contributed by atoms with Gasteiger partial charge in [0.15, 0.2) is 0 Å². The van der Waals surface area contributed by atoms with Crippen LogP contribution >= 0.6 is 0 Å². The molecule has 0 aromatic heterocycles. The van der Waals surface area contributed by atoms with Gasteiger partial charge in [-0.25, -0.2) is 0 Å². The first-order valence-corrected chi connectivity index (χ1v) is 5.84. The first-order valence-electron chi connectivity index (χ1n) is 5.84. The Morgan fingerprint density at radius 2 is 2.31 bits per heavy atom. The van der Waals surface area contributed by atoms with E-state index in [1.54, 1.807) is 11.8 Å². The van der Waals surface area contributed by atoms with Crippen LogP contribution in [0.5, 0.6) is 0 Å². The second kappa shape index (κ2) is 4.41. The fraction of sp³-hybridized carbons (Fsp3) is 0.818. The minimum absolute atomic E-state index is 0.00833. The Hall–Kier alpha value is -1.10. The van der Waals surface area contributed by atoms with Crippen molar-refractivity contribution in [3.63, 3.8) is 0 Å². The van der Waals surface area contributed by atoms with Crippen molar-refractivity contribution in [3.05, 3.63) is 0 Å². The summed E-state index contributed by atoms with van der Waals surface area (Å²) in [5, 5.41) is 12.1. The number of rotatable bonds is 2. The largest absolute Gasteiger partial charge is 0.393 e. The van der Waals surface area contributed by atoms with E-state index in [0.29, 0.717) is 25.9 Å². The van der Waals surface area contributed by atoms with Crippen LogP contribution in [-0.2, 0) is 9.59 Å². The third-order valence-electron chi connectivity index (χ3n) is 3.51. The summed E-state index contributed by atoms with van der Waals surface area (Å²) < 4.78 is 0. The number of aliphatic hydroxyl groups is 1. The zero-order valence-corrected chi connectivity index (χ0v) is 9.48. The smallest absolute Gasteiger partial charge is 0.245 e. The molecule has 0 aromatic rings. The minimum Gasteiger partial charge on any atom is -0.393 e. The average Bonchev–Trinajstić information content (AvgIpc) is 2.84. The topological polar surface area (TPSA) is 69.6 Å². The van der Waals surface area contributed by atoms with Gasteiger partial charge in [0.2, 0.25) is 11.8 Å². The highest BCUT2D eigenvalue weighted by atomic mass is 16.3. The number of aliphatic hydroxyl groups excluding tert-OH is 1. The van der Waals surface area contributed by atoms with Gasteiger partial charge in [-0.05, 0) is 19.8 Å². The highest BCUT2D eigenvalue weighted by Crippen LogP contribution is 2.21. The molecule has 90 valence electrons. The van der Waals surface area contributed by atoms with Crippen molar-refractivity contribution >= 4 is 11.8 Å². The summed E-state index contributed by atoms with van der Waals surface area (Å²) >= 11 is 0. The Balaban J connectivity index is 1.89. The third kappa shape index (κ3) is 2.19. The number of carbonyl (C=O) groups excluding carboxylic acids is 2. The maximum atomic E-state index is 12.0. The molecule has 5 nitrogen and oxygen atoms in total. The van der Waals surface area contributed by atoms with Gasteiger partial charge in [-0.15, -0.1) is 0 Å². The van der Waals surface area contributed by atoms with E-state index in [1.165, 1.54) is 0 Å². The standard InChI is InChI=1S/C11H18N2O3/c1-7(14)8-4-5-13(6-8)11(16)9-2-3-10(15)12-9/h7-9,14H,2-6H2,1H3,(H,12,15). The third-order valence-corrected chi connectivity index (χ3v) is 3.51. The van der Waals surface area contributed by atoms with E-state index in [9.17, 15) is 14.7 Å². The van der Waals surface area contributed by atoms with Crippen LogP contribution in [0.4, 0.5) is 0 Å². The van der Waals surface area contributed by atoms with E-state index in [4.69, 9.17) is 0 Å². The van der Waals surface area contributed by atoms with E-state index >= 15 is 0 Å². The van der Waals surface area contributed by atoms with Gasteiger partial charge in [-0.3, -0.25) is 9.59 Å². The zero-order chi connectivity index (χ0) is 11.7. The van der Waals surface area contributed by atoms with E-state index in [1.807, 2.05) is 0 Å².